The van der Waals surface area contributed by atoms with Crippen LogP contribution < -0.4 is 4.43 Å². The van der Waals surface area contributed by atoms with Gasteiger partial charge in [-0.25, -0.2) is 0 Å². The molecule has 0 unspecified atom stereocenters. The molecular weight excluding hydrogens is 111 g/mol. The Hall–Kier alpha value is -0.248. The highest BCUT2D eigenvalue weighted by Gasteiger charge is 1.82. The Bertz CT molecular complexity index is 168. The van der Waals surface area contributed by atoms with Crippen LogP contribution >= 0.6 is 0 Å². The van der Waals surface area contributed by atoms with Gasteiger partial charge in [-0.1, -0.05) is 29.8 Å². The lowest BCUT2D eigenvalue weighted by atomic mass is 10.2. The molecule has 1 aromatic carbocycles. The second-order valence-corrected chi connectivity index (χ2v) is 2.48. The van der Waals surface area contributed by atoms with Crippen LogP contribution in [0.1, 0.15) is 8.42 Å². The molecule has 0 aliphatic carbocycles. The van der Waals surface area contributed by atoms with Crippen molar-refractivity contribution < 1.29 is 2.85 Å². The van der Waals surface area contributed by atoms with E-state index in [-0.39, 0.29) is 2.85 Å². The van der Waals surface area contributed by atoms with Crippen molar-refractivity contribution in [2.45, 2.75) is 6.92 Å². The van der Waals surface area contributed by atoms with E-state index >= 15 is 0 Å². The fourth-order valence-electron chi connectivity index (χ4n) is 0.587. The lowest BCUT2D eigenvalue weighted by Crippen LogP contribution is -2.04. The third-order valence-electron chi connectivity index (χ3n) is 1.19. The van der Waals surface area contributed by atoms with Crippen LogP contribution in [-0.2, 0) is 0 Å². The molecule has 0 fully saturated rings. The normalized spacial score (nSPS) is 9.12. The monoisotopic (exact) mass is 122 g/mol. The van der Waals surface area contributed by atoms with Gasteiger partial charge in [0.05, 0.1) is 0 Å². The third kappa shape index (κ3) is 1.12. The third-order valence-corrected chi connectivity index (χ3v) is 1.84. The van der Waals surface area contributed by atoms with E-state index in [0.717, 1.165) is 0 Å². The summed E-state index contributed by atoms with van der Waals surface area (Å²) in [5, 5.41) is 0. The fourth-order valence-corrected chi connectivity index (χ4v) is 0.794. The van der Waals surface area contributed by atoms with Crippen molar-refractivity contribution in [1.82, 2.24) is 0 Å². The van der Waals surface area contributed by atoms with Crippen LogP contribution in [0.25, 0.3) is 0 Å². The molecule has 0 spiro atoms. The number of rotatable bonds is 0. The summed E-state index contributed by atoms with van der Waals surface area (Å²) in [5.74, 6) is 0. The summed E-state index contributed by atoms with van der Waals surface area (Å²) in [6, 6.07) is 8.26. The summed E-state index contributed by atoms with van der Waals surface area (Å²) in [6.07, 6.45) is 0. The average molecular weight is 122 g/mol. The van der Waals surface area contributed by atoms with Crippen molar-refractivity contribution in [2.75, 3.05) is 0 Å². The highest BCUT2D eigenvalue weighted by Crippen LogP contribution is 1.88. The summed E-state index contributed by atoms with van der Waals surface area (Å²) < 4.78 is 1.28. The van der Waals surface area contributed by atoms with Gasteiger partial charge in [-0.05, 0) is 6.92 Å². The van der Waals surface area contributed by atoms with Crippen molar-refractivity contribution in [3.05, 3.63) is 29.8 Å². The lowest BCUT2D eigenvalue weighted by Gasteiger charge is -1.95. The highest BCUT2D eigenvalue weighted by molar-refractivity contribution is 6.33. The van der Waals surface area contributed by atoms with Crippen LogP contribution in [0.3, 0.4) is 0 Å². The predicted octanol–water partition coefficient (Wildman–Crippen LogP) is 1.28. The van der Waals surface area contributed by atoms with Gasteiger partial charge in [0.2, 0.25) is 0 Å². The number of benzene rings is 1. The van der Waals surface area contributed by atoms with Crippen molar-refractivity contribution in [2.24, 2.45) is 0 Å². The zero-order valence-electron chi connectivity index (χ0n) is 4.89. The van der Waals surface area contributed by atoms with E-state index in [4.69, 9.17) is 0 Å². The van der Waals surface area contributed by atoms with Gasteiger partial charge in [-0.2, -0.15) is 0 Å². The topological polar surface area (TPSA) is 0 Å². The zero-order valence-corrected chi connectivity index (χ0v) is 6.04. The van der Waals surface area contributed by atoms with E-state index in [1.807, 2.05) is 12.1 Å². The second kappa shape index (κ2) is 2.35. The van der Waals surface area contributed by atoms with E-state index in [9.17, 15) is 0 Å². The second-order valence-electron chi connectivity index (χ2n) is 1.86. The molecule has 0 aliphatic rings. The smallest absolute Gasteiger partial charge is 0.136 e. The maximum atomic E-state index is 2.69. The molecule has 0 aromatic heterocycles. The molecule has 0 N–H and O–H groups in total. The SMILES string of the molecule is Cc1cccc[c]1[Al].[HH].[HH]. The first-order valence-corrected chi connectivity index (χ1v) is 3.19. The molecule has 0 nitrogen and oxygen atoms in total. The Balaban J connectivity index is 0. The Morgan fingerprint density at radius 2 is 2.00 bits per heavy atom. The van der Waals surface area contributed by atoms with Crippen molar-refractivity contribution >= 4 is 20.7 Å². The Morgan fingerprint density at radius 1 is 1.38 bits per heavy atom. The fraction of sp³-hybridized carbons (Fsp3) is 0.143. The van der Waals surface area contributed by atoms with Gasteiger partial charge in [-0.15, -0.1) is 4.43 Å². The van der Waals surface area contributed by atoms with Gasteiger partial charge in [0, 0.05) is 2.85 Å². The molecule has 0 heterocycles. The van der Waals surface area contributed by atoms with E-state index in [1.54, 1.807) is 0 Å². The molecule has 0 atom stereocenters. The number of hydrogen-bond acceptors (Lipinski definition) is 0. The first kappa shape index (κ1) is 5.88. The minimum atomic E-state index is 0. The van der Waals surface area contributed by atoms with Crippen LogP contribution in [0.15, 0.2) is 24.3 Å². The van der Waals surface area contributed by atoms with Gasteiger partial charge >= 0.3 is 0 Å². The van der Waals surface area contributed by atoms with Gasteiger partial charge < -0.3 is 0 Å². The standard InChI is InChI=1S/C7H7.Al.2H2/c1-7-5-3-2-4-6-7;;;/h2-5H,1H3;;2*1H. The molecule has 1 aromatic rings. The van der Waals surface area contributed by atoms with Crippen LogP contribution in [0.2, 0.25) is 0 Å². The van der Waals surface area contributed by atoms with Gasteiger partial charge in [0.15, 0.2) is 16.3 Å². The van der Waals surface area contributed by atoms with Crippen LogP contribution in [0.5, 0.6) is 0 Å². The molecular formula is C7H11Al. The van der Waals surface area contributed by atoms with E-state index in [2.05, 4.69) is 35.3 Å². The molecule has 0 amide bonds. The first-order chi connectivity index (χ1) is 3.80. The predicted molar refractivity (Wildman–Crippen MR) is 40.8 cm³/mol. The highest BCUT2D eigenvalue weighted by atomic mass is 27.0. The maximum absolute atomic E-state index is 2.69. The molecule has 0 saturated carbocycles. The van der Waals surface area contributed by atoms with Crippen LogP contribution in [-0.4, -0.2) is 16.3 Å². The molecule has 0 bridgehead atoms. The molecule has 8 heavy (non-hydrogen) atoms. The van der Waals surface area contributed by atoms with Crippen molar-refractivity contribution in [3.8, 4) is 0 Å². The Kier molecular flexibility index (Phi) is 1.73. The van der Waals surface area contributed by atoms with Crippen LogP contribution in [0.4, 0.5) is 0 Å². The molecule has 0 saturated heterocycles. The van der Waals surface area contributed by atoms with Crippen molar-refractivity contribution in [1.29, 1.82) is 0 Å². The molecule has 1 heteroatoms. The average Bonchev–Trinajstić information content (AvgIpc) is 1.77. The first-order valence-electron chi connectivity index (χ1n) is 2.62. The summed E-state index contributed by atoms with van der Waals surface area (Å²) in [4.78, 5) is 0. The Labute approximate surface area is 60.9 Å². The minimum absolute atomic E-state index is 0. The summed E-state index contributed by atoms with van der Waals surface area (Å²) in [6.45, 7) is 2.10. The van der Waals surface area contributed by atoms with E-state index < -0.39 is 0 Å². The zero-order chi connectivity index (χ0) is 5.98. The lowest BCUT2D eigenvalue weighted by molar-refractivity contribution is 1.52. The van der Waals surface area contributed by atoms with Crippen LogP contribution in [0, 0.1) is 6.92 Å². The number of aryl methyl sites for hydroxylation is 1. The van der Waals surface area contributed by atoms with E-state index in [1.165, 1.54) is 9.99 Å². The summed E-state index contributed by atoms with van der Waals surface area (Å²) in [7, 11) is 0. The molecule has 1 rings (SSSR count). The summed E-state index contributed by atoms with van der Waals surface area (Å²) >= 11 is 2.69. The largest absolute Gasteiger partial charge is 0.175 e. The minimum Gasteiger partial charge on any atom is -0.136 e. The van der Waals surface area contributed by atoms with Gasteiger partial charge in [0.25, 0.3) is 0 Å². The van der Waals surface area contributed by atoms with Gasteiger partial charge in [0.1, 0.15) is 0 Å². The maximum Gasteiger partial charge on any atom is 0.175 e. The van der Waals surface area contributed by atoms with E-state index in [0.29, 0.717) is 0 Å². The molecule has 0 aliphatic heterocycles. The van der Waals surface area contributed by atoms with Crippen molar-refractivity contribution in [3.63, 3.8) is 0 Å². The quantitative estimate of drug-likeness (QED) is 0.455. The van der Waals surface area contributed by atoms with Gasteiger partial charge in [-0.3, -0.25) is 0 Å². The molecule has 42 valence electrons. The Morgan fingerprint density at radius 3 is 2.38 bits per heavy atom. The molecule has 2 radical (unpaired) electrons. The number of hydrogen-bond donors (Lipinski definition) is 0. The summed E-state index contributed by atoms with van der Waals surface area (Å²) in [5.41, 5.74) is 1.33.